The van der Waals surface area contributed by atoms with Gasteiger partial charge in [0, 0.05) is 17.1 Å². The molecule has 0 spiro atoms. The number of carbonyl (C=O) groups is 2. The minimum Gasteiger partial charge on any atom is -0.274 e. The Bertz CT molecular complexity index is 1060. The second kappa shape index (κ2) is 7.44. The molecule has 1 atom stereocenters. The fourth-order valence-corrected chi connectivity index (χ4v) is 5.25. The van der Waals surface area contributed by atoms with Gasteiger partial charge in [0.2, 0.25) is 11.8 Å². The maximum atomic E-state index is 13.1. The number of carbonyl (C=O) groups excluding carboxylic acids is 2. The van der Waals surface area contributed by atoms with E-state index < -0.39 is 0 Å². The Morgan fingerprint density at radius 3 is 2.39 bits per heavy atom. The van der Waals surface area contributed by atoms with Gasteiger partial charge in [-0.1, -0.05) is 54.1 Å². The molecular weight excluding hydrogens is 366 g/mol. The van der Waals surface area contributed by atoms with Gasteiger partial charge in [-0.3, -0.25) is 9.59 Å². The Balaban J connectivity index is 1.56. The lowest BCUT2D eigenvalue weighted by Gasteiger charge is -2.20. The molecule has 0 aliphatic carbocycles. The van der Waals surface area contributed by atoms with Crippen molar-refractivity contribution in [1.82, 2.24) is 0 Å². The lowest BCUT2D eigenvalue weighted by molar-refractivity contribution is -0.122. The van der Waals surface area contributed by atoms with E-state index in [2.05, 4.69) is 24.3 Å². The highest BCUT2D eigenvalue weighted by Gasteiger charge is 2.40. The van der Waals surface area contributed by atoms with Crippen molar-refractivity contribution in [3.63, 3.8) is 0 Å². The van der Waals surface area contributed by atoms with Crippen LogP contribution in [0.15, 0.2) is 59.5 Å². The molecule has 0 N–H and O–H groups in total. The molecule has 3 nitrogen and oxygen atoms in total. The van der Waals surface area contributed by atoms with Crippen molar-refractivity contribution in [2.75, 3.05) is 10.7 Å². The number of rotatable bonds is 4. The van der Waals surface area contributed by atoms with Gasteiger partial charge in [-0.25, -0.2) is 4.90 Å². The zero-order valence-corrected chi connectivity index (χ0v) is 17.2. The van der Waals surface area contributed by atoms with Gasteiger partial charge in [0.15, 0.2) is 0 Å². The zero-order valence-electron chi connectivity index (χ0n) is 16.4. The molecule has 1 saturated heterocycles. The molecular formula is C24H23NO2S. The van der Waals surface area contributed by atoms with Crippen molar-refractivity contribution in [3.8, 4) is 0 Å². The third-order valence-corrected chi connectivity index (χ3v) is 6.52. The summed E-state index contributed by atoms with van der Waals surface area (Å²) in [5, 5.41) is 2.38. The first-order valence-corrected chi connectivity index (χ1v) is 10.5. The molecule has 1 aliphatic rings. The van der Waals surface area contributed by atoms with Crippen molar-refractivity contribution in [2.24, 2.45) is 5.92 Å². The van der Waals surface area contributed by atoms with Crippen molar-refractivity contribution in [1.29, 1.82) is 0 Å². The van der Waals surface area contributed by atoms with E-state index in [1.807, 2.05) is 51.1 Å². The summed E-state index contributed by atoms with van der Waals surface area (Å²) in [6.07, 6.45) is 0.281. The van der Waals surface area contributed by atoms with Gasteiger partial charge < -0.3 is 0 Å². The van der Waals surface area contributed by atoms with Crippen LogP contribution >= 0.6 is 11.8 Å². The first-order valence-electron chi connectivity index (χ1n) is 9.51. The first-order chi connectivity index (χ1) is 13.5. The van der Waals surface area contributed by atoms with Crippen LogP contribution in [0.25, 0.3) is 10.8 Å². The molecule has 4 rings (SSSR count). The molecule has 1 aliphatic heterocycles. The van der Waals surface area contributed by atoms with Gasteiger partial charge in [-0.15, -0.1) is 11.8 Å². The highest BCUT2D eigenvalue weighted by atomic mass is 32.2. The predicted octanol–water partition coefficient (Wildman–Crippen LogP) is 5.44. The van der Waals surface area contributed by atoms with Gasteiger partial charge in [0.1, 0.15) is 0 Å². The summed E-state index contributed by atoms with van der Waals surface area (Å²) in [5.41, 5.74) is 3.85. The summed E-state index contributed by atoms with van der Waals surface area (Å²) in [6, 6.07) is 18.5. The van der Waals surface area contributed by atoms with Crippen LogP contribution in [-0.2, 0) is 9.59 Å². The SMILES string of the molecule is Cc1cc(C)c(N2C(=O)C[C@H](CSc3cccc4ccccc34)C2=O)c(C)c1. The van der Waals surface area contributed by atoms with E-state index in [1.165, 1.54) is 15.7 Å². The summed E-state index contributed by atoms with van der Waals surface area (Å²) < 4.78 is 0. The largest absolute Gasteiger partial charge is 0.274 e. The molecule has 3 aromatic carbocycles. The highest BCUT2D eigenvalue weighted by Crippen LogP contribution is 2.36. The number of fused-ring (bicyclic) bond motifs is 1. The minimum atomic E-state index is -0.281. The Labute approximate surface area is 169 Å². The first kappa shape index (κ1) is 18.8. The normalized spacial score (nSPS) is 17.0. The zero-order chi connectivity index (χ0) is 19.8. The second-order valence-corrected chi connectivity index (χ2v) is 8.57. The summed E-state index contributed by atoms with van der Waals surface area (Å²) in [4.78, 5) is 28.4. The minimum absolute atomic E-state index is 0.0761. The lowest BCUT2D eigenvalue weighted by Crippen LogP contribution is -2.32. The van der Waals surface area contributed by atoms with Crippen LogP contribution in [0.4, 0.5) is 5.69 Å². The van der Waals surface area contributed by atoms with E-state index in [4.69, 9.17) is 0 Å². The van der Waals surface area contributed by atoms with Crippen LogP contribution < -0.4 is 4.90 Å². The quantitative estimate of drug-likeness (QED) is 0.441. The van der Waals surface area contributed by atoms with Crippen LogP contribution in [0.1, 0.15) is 23.1 Å². The average molecular weight is 390 g/mol. The molecule has 2 amide bonds. The van der Waals surface area contributed by atoms with E-state index in [9.17, 15) is 9.59 Å². The number of hydrogen-bond donors (Lipinski definition) is 0. The summed E-state index contributed by atoms with van der Waals surface area (Å²) in [6.45, 7) is 5.96. The maximum absolute atomic E-state index is 13.1. The van der Waals surface area contributed by atoms with E-state index in [-0.39, 0.29) is 24.2 Å². The molecule has 0 saturated carbocycles. The number of imide groups is 1. The van der Waals surface area contributed by atoms with Gasteiger partial charge in [0.05, 0.1) is 11.6 Å². The Morgan fingerprint density at radius 2 is 1.64 bits per heavy atom. The fourth-order valence-electron chi connectivity index (χ4n) is 4.10. The summed E-state index contributed by atoms with van der Waals surface area (Å²) in [7, 11) is 0. The van der Waals surface area contributed by atoms with Crippen molar-refractivity contribution in [2.45, 2.75) is 32.1 Å². The standard InChI is InChI=1S/C24H23NO2S/c1-15-11-16(2)23(17(3)12-15)25-22(26)13-19(24(25)27)14-28-21-10-6-8-18-7-4-5-9-20(18)21/h4-12,19H,13-14H2,1-3H3/t19-/m1/s1. The number of nitrogens with zero attached hydrogens (tertiary/aromatic N) is 1. The van der Waals surface area contributed by atoms with E-state index in [1.54, 1.807) is 11.8 Å². The van der Waals surface area contributed by atoms with Crippen molar-refractivity contribution in [3.05, 3.63) is 71.3 Å². The van der Waals surface area contributed by atoms with Crippen molar-refractivity contribution >= 4 is 40.0 Å². The smallest absolute Gasteiger partial charge is 0.238 e. The molecule has 3 aromatic rings. The number of thioether (sulfide) groups is 1. The molecule has 1 fully saturated rings. The Morgan fingerprint density at radius 1 is 0.964 bits per heavy atom. The fraction of sp³-hybridized carbons (Fsp3) is 0.250. The number of benzene rings is 3. The van der Waals surface area contributed by atoms with Crippen LogP contribution in [0, 0.1) is 26.7 Å². The molecule has 142 valence electrons. The van der Waals surface area contributed by atoms with Crippen LogP contribution in [0.2, 0.25) is 0 Å². The maximum Gasteiger partial charge on any atom is 0.238 e. The number of anilines is 1. The Kier molecular flexibility index (Phi) is 4.98. The summed E-state index contributed by atoms with van der Waals surface area (Å²) in [5.74, 6) is 0.159. The lowest BCUT2D eigenvalue weighted by atomic mass is 10.0. The number of amides is 2. The molecule has 0 radical (unpaired) electrons. The third-order valence-electron chi connectivity index (χ3n) is 5.29. The Hall–Kier alpha value is -2.59. The second-order valence-electron chi connectivity index (χ2n) is 7.50. The van der Waals surface area contributed by atoms with E-state index in [0.717, 1.165) is 27.3 Å². The van der Waals surface area contributed by atoms with Gasteiger partial charge >= 0.3 is 0 Å². The van der Waals surface area contributed by atoms with Gasteiger partial charge in [0.25, 0.3) is 0 Å². The third kappa shape index (κ3) is 3.33. The molecule has 0 aromatic heterocycles. The van der Waals surface area contributed by atoms with E-state index >= 15 is 0 Å². The molecule has 1 heterocycles. The monoisotopic (exact) mass is 389 g/mol. The van der Waals surface area contributed by atoms with E-state index in [0.29, 0.717) is 5.75 Å². The predicted molar refractivity (Wildman–Crippen MR) is 116 cm³/mol. The molecule has 28 heavy (non-hydrogen) atoms. The average Bonchev–Trinajstić information content (AvgIpc) is 2.93. The molecule has 0 unspecified atom stereocenters. The van der Waals surface area contributed by atoms with Gasteiger partial charge in [-0.2, -0.15) is 0 Å². The topological polar surface area (TPSA) is 37.4 Å². The highest BCUT2D eigenvalue weighted by molar-refractivity contribution is 7.99. The molecule has 0 bridgehead atoms. The van der Waals surface area contributed by atoms with Crippen LogP contribution in [-0.4, -0.2) is 17.6 Å². The summed E-state index contributed by atoms with van der Waals surface area (Å²) >= 11 is 1.66. The number of hydrogen-bond acceptors (Lipinski definition) is 3. The van der Waals surface area contributed by atoms with Crippen molar-refractivity contribution < 1.29 is 9.59 Å². The molecule has 4 heteroatoms. The van der Waals surface area contributed by atoms with Crippen LogP contribution in [0.5, 0.6) is 0 Å². The van der Waals surface area contributed by atoms with Gasteiger partial charge in [-0.05, 0) is 48.7 Å². The number of aryl methyl sites for hydroxylation is 3. The van der Waals surface area contributed by atoms with Crippen LogP contribution in [0.3, 0.4) is 0 Å².